The van der Waals surface area contributed by atoms with Gasteiger partial charge >= 0.3 is 6.36 Å². The maximum absolute atomic E-state index is 13.3. The first-order valence-corrected chi connectivity index (χ1v) is 7.91. The molecule has 0 atom stereocenters. The summed E-state index contributed by atoms with van der Waals surface area (Å²) >= 11 is 0. The van der Waals surface area contributed by atoms with Crippen LogP contribution in [0.3, 0.4) is 0 Å². The van der Waals surface area contributed by atoms with E-state index in [1.165, 1.54) is 50.6 Å². The molecule has 142 valence electrons. The monoisotopic (exact) mass is 381 g/mol. The number of aromatic nitrogens is 1. The number of hydrogen-bond acceptors (Lipinski definition) is 3. The zero-order chi connectivity index (χ0) is 19.8. The third kappa shape index (κ3) is 4.05. The van der Waals surface area contributed by atoms with Crippen LogP contribution >= 0.6 is 0 Å². The van der Waals surface area contributed by atoms with Gasteiger partial charge in [-0.1, -0.05) is 6.07 Å². The summed E-state index contributed by atoms with van der Waals surface area (Å²) in [6.07, 6.45) is -3.42. The molecule has 1 aromatic heterocycles. The minimum Gasteiger partial charge on any atom is -0.496 e. The lowest BCUT2D eigenvalue weighted by Crippen LogP contribution is -2.17. The van der Waals surface area contributed by atoms with Crippen molar-refractivity contribution in [2.45, 2.75) is 19.7 Å². The summed E-state index contributed by atoms with van der Waals surface area (Å²) in [5.74, 6) is -0.853. The van der Waals surface area contributed by atoms with E-state index in [0.717, 1.165) is 0 Å². The van der Waals surface area contributed by atoms with Crippen LogP contribution in [0.1, 0.15) is 21.5 Å². The number of aromatic amines is 1. The molecule has 4 nitrogen and oxygen atoms in total. The Balaban J connectivity index is 1.93. The predicted octanol–water partition coefficient (Wildman–Crippen LogP) is 4.95. The van der Waals surface area contributed by atoms with Crippen LogP contribution in [0, 0.1) is 12.7 Å². The van der Waals surface area contributed by atoms with Gasteiger partial charge in [-0.15, -0.1) is 13.2 Å². The van der Waals surface area contributed by atoms with Crippen LogP contribution in [0.5, 0.6) is 11.5 Å². The van der Waals surface area contributed by atoms with Crippen molar-refractivity contribution in [2.24, 2.45) is 0 Å². The number of hydrogen-bond donors (Lipinski definition) is 1. The molecule has 0 unspecified atom stereocenters. The lowest BCUT2D eigenvalue weighted by atomic mass is 10.0. The van der Waals surface area contributed by atoms with Gasteiger partial charge in [0, 0.05) is 46.8 Å². The number of benzene rings is 2. The summed E-state index contributed by atoms with van der Waals surface area (Å²) in [7, 11) is 1.37. The van der Waals surface area contributed by atoms with Crippen LogP contribution in [0.25, 0.3) is 10.9 Å². The molecule has 0 amide bonds. The van der Waals surface area contributed by atoms with Crippen LogP contribution in [0.4, 0.5) is 17.6 Å². The van der Waals surface area contributed by atoms with Crippen molar-refractivity contribution in [1.82, 2.24) is 4.98 Å². The lowest BCUT2D eigenvalue weighted by Gasteiger charge is -2.11. The lowest BCUT2D eigenvalue weighted by molar-refractivity contribution is -0.274. The standard InChI is InChI=1S/C19H15F4NO3/c1-10-5-13-14(9-24-15(13)8-17(10)27-19(21,22)23)16(25)6-11-3-4-12(20)7-18(11)26-2/h3-5,7-9,24H,6H2,1-2H3. The number of carbonyl (C=O) groups is 1. The van der Waals surface area contributed by atoms with Crippen LogP contribution in [-0.4, -0.2) is 24.2 Å². The number of rotatable bonds is 5. The number of Topliss-reactive ketones (excluding diaryl/α,β-unsaturated/α-hetero) is 1. The Morgan fingerprint density at radius 3 is 2.56 bits per heavy atom. The van der Waals surface area contributed by atoms with Crippen LogP contribution in [0.2, 0.25) is 0 Å². The molecule has 3 rings (SSSR count). The van der Waals surface area contributed by atoms with Crippen molar-refractivity contribution < 1.29 is 31.8 Å². The average molecular weight is 381 g/mol. The number of carbonyl (C=O) groups excluding carboxylic acids is 1. The van der Waals surface area contributed by atoms with Crippen molar-refractivity contribution in [3.05, 3.63) is 59.0 Å². The molecule has 3 aromatic rings. The Morgan fingerprint density at radius 2 is 1.89 bits per heavy atom. The number of halogens is 4. The average Bonchev–Trinajstić information content (AvgIpc) is 2.98. The maximum Gasteiger partial charge on any atom is 0.573 e. The first-order valence-electron chi connectivity index (χ1n) is 7.91. The van der Waals surface area contributed by atoms with Crippen molar-refractivity contribution >= 4 is 16.7 Å². The molecule has 0 saturated heterocycles. The second-order valence-electron chi connectivity index (χ2n) is 5.97. The van der Waals surface area contributed by atoms with Crippen molar-refractivity contribution in [1.29, 1.82) is 0 Å². The fraction of sp³-hybridized carbons (Fsp3) is 0.211. The number of ether oxygens (including phenoxy) is 2. The number of methoxy groups -OCH3 is 1. The fourth-order valence-corrected chi connectivity index (χ4v) is 2.86. The van der Waals surface area contributed by atoms with Crippen LogP contribution in [-0.2, 0) is 6.42 Å². The first-order chi connectivity index (χ1) is 12.7. The highest BCUT2D eigenvalue weighted by Gasteiger charge is 2.32. The van der Waals surface area contributed by atoms with Gasteiger partial charge in [0.2, 0.25) is 0 Å². The number of nitrogens with one attached hydrogen (secondary N) is 1. The Kier molecular flexibility index (Phi) is 4.82. The molecule has 2 aromatic carbocycles. The summed E-state index contributed by atoms with van der Waals surface area (Å²) in [5.41, 5.74) is 1.41. The molecule has 0 radical (unpaired) electrons. The van der Waals surface area contributed by atoms with Gasteiger partial charge < -0.3 is 14.5 Å². The van der Waals surface area contributed by atoms with Crippen molar-refractivity contribution in [3.8, 4) is 11.5 Å². The molecular formula is C19H15F4NO3. The fourth-order valence-electron chi connectivity index (χ4n) is 2.86. The smallest absolute Gasteiger partial charge is 0.496 e. The van der Waals surface area contributed by atoms with E-state index in [1.54, 1.807) is 0 Å². The number of fused-ring (bicyclic) bond motifs is 1. The van der Waals surface area contributed by atoms with Crippen LogP contribution in [0.15, 0.2) is 36.5 Å². The summed E-state index contributed by atoms with van der Waals surface area (Å²) in [6.45, 7) is 1.46. The Morgan fingerprint density at radius 1 is 1.15 bits per heavy atom. The summed E-state index contributed by atoms with van der Waals surface area (Å²) < 4.78 is 59.8. The number of H-pyrrole nitrogens is 1. The SMILES string of the molecule is COc1cc(F)ccc1CC(=O)c1c[nH]c2cc(OC(F)(F)F)c(C)cc12. The summed E-state index contributed by atoms with van der Waals surface area (Å²) in [5, 5.41) is 0.480. The van der Waals surface area contributed by atoms with Gasteiger partial charge in [-0.05, 0) is 24.6 Å². The second kappa shape index (κ2) is 6.94. The third-order valence-electron chi connectivity index (χ3n) is 4.10. The van der Waals surface area contributed by atoms with E-state index < -0.39 is 12.2 Å². The van der Waals surface area contributed by atoms with E-state index in [1.807, 2.05) is 0 Å². The van der Waals surface area contributed by atoms with Gasteiger partial charge in [0.15, 0.2) is 5.78 Å². The summed E-state index contributed by atoms with van der Waals surface area (Å²) in [4.78, 5) is 15.5. The molecule has 0 spiro atoms. The van der Waals surface area contributed by atoms with Gasteiger partial charge in [-0.2, -0.15) is 0 Å². The van der Waals surface area contributed by atoms with Crippen molar-refractivity contribution in [2.75, 3.05) is 7.11 Å². The highest BCUT2D eigenvalue weighted by atomic mass is 19.4. The summed E-state index contributed by atoms with van der Waals surface area (Å²) in [6, 6.07) is 6.53. The molecular weight excluding hydrogens is 366 g/mol. The van der Waals surface area contributed by atoms with Crippen molar-refractivity contribution in [3.63, 3.8) is 0 Å². The Bertz CT molecular complexity index is 1010. The van der Waals surface area contributed by atoms with E-state index in [9.17, 15) is 22.4 Å². The molecule has 0 saturated carbocycles. The number of ketones is 1. The van der Waals surface area contributed by atoms with E-state index in [0.29, 0.717) is 22.0 Å². The zero-order valence-electron chi connectivity index (χ0n) is 14.4. The van der Waals surface area contributed by atoms with Gasteiger partial charge in [0.1, 0.15) is 17.3 Å². The van der Waals surface area contributed by atoms with E-state index in [-0.39, 0.29) is 29.3 Å². The molecule has 27 heavy (non-hydrogen) atoms. The van der Waals surface area contributed by atoms with Gasteiger partial charge in [0.05, 0.1) is 7.11 Å². The molecule has 0 fully saturated rings. The molecule has 0 aliphatic heterocycles. The minimum atomic E-state index is -4.80. The molecule has 0 bridgehead atoms. The molecule has 8 heteroatoms. The van der Waals surface area contributed by atoms with E-state index in [4.69, 9.17) is 4.74 Å². The number of aryl methyl sites for hydroxylation is 1. The second-order valence-corrected chi connectivity index (χ2v) is 5.97. The van der Waals surface area contributed by atoms with Gasteiger partial charge in [0.25, 0.3) is 0 Å². The predicted molar refractivity (Wildman–Crippen MR) is 90.7 cm³/mol. The highest BCUT2D eigenvalue weighted by molar-refractivity contribution is 6.09. The van der Waals surface area contributed by atoms with Gasteiger partial charge in [-0.25, -0.2) is 4.39 Å². The van der Waals surface area contributed by atoms with E-state index in [2.05, 4.69) is 9.72 Å². The minimum absolute atomic E-state index is 0.0454. The van der Waals surface area contributed by atoms with Crippen LogP contribution < -0.4 is 9.47 Å². The Labute approximate surface area is 151 Å². The van der Waals surface area contributed by atoms with Gasteiger partial charge in [-0.3, -0.25) is 4.79 Å². The molecule has 0 aliphatic carbocycles. The third-order valence-corrected chi connectivity index (χ3v) is 4.10. The molecule has 1 heterocycles. The topological polar surface area (TPSA) is 51.3 Å². The molecule has 1 N–H and O–H groups in total. The largest absolute Gasteiger partial charge is 0.573 e. The maximum atomic E-state index is 13.3. The molecule has 0 aliphatic rings. The quantitative estimate of drug-likeness (QED) is 0.503. The number of alkyl halides is 3. The van der Waals surface area contributed by atoms with E-state index >= 15 is 0 Å². The normalized spacial score (nSPS) is 11.6. The first kappa shape index (κ1) is 18.8. The zero-order valence-corrected chi connectivity index (χ0v) is 14.4. The Hall–Kier alpha value is -3.03. The highest BCUT2D eigenvalue weighted by Crippen LogP contribution is 2.32.